The van der Waals surface area contributed by atoms with Crippen LogP contribution in [0.2, 0.25) is 0 Å². The van der Waals surface area contributed by atoms with Gasteiger partial charge in [-0.05, 0) is 0 Å². The minimum absolute atomic E-state index is 0.313. The van der Waals surface area contributed by atoms with Crippen LogP contribution in [0, 0.1) is 5.82 Å². The molecule has 2 nitrogen and oxygen atoms in total. The number of aromatic nitrogens is 1. The van der Waals surface area contributed by atoms with Crippen LogP contribution in [0.25, 0.3) is 11.3 Å². The van der Waals surface area contributed by atoms with Crippen LogP contribution in [0.1, 0.15) is 0 Å². The van der Waals surface area contributed by atoms with Crippen LogP contribution >= 0.6 is 0 Å². The van der Waals surface area contributed by atoms with Crippen LogP contribution in [0.4, 0.5) is 4.39 Å². The Balaban J connectivity index is 2.55. The number of hydrogen-bond donors (Lipinski definition) is 0. The number of nitrogens with zero attached hydrogens (tertiary/aromatic N) is 1. The fraction of sp³-hybridized carbons (Fsp3) is 0. The van der Waals surface area contributed by atoms with Crippen LogP contribution in [-0.4, -0.2) is 11.9 Å². The summed E-state index contributed by atoms with van der Waals surface area (Å²) in [5.41, 5.74) is 0.391. The molecule has 2 heterocycles. The van der Waals surface area contributed by atoms with Gasteiger partial charge in [-0.1, -0.05) is 0 Å². The zero-order valence-electron chi connectivity index (χ0n) is 6.20. The molecule has 0 radical (unpaired) electrons. The second-order valence-corrected chi connectivity index (χ2v) is 2.32. The van der Waals surface area contributed by atoms with E-state index in [1.807, 2.05) is 0 Å². The monoisotopic (exact) mass is 161 g/mol. The van der Waals surface area contributed by atoms with Gasteiger partial charge in [-0.15, -0.1) is 0 Å². The predicted octanol–water partition coefficient (Wildman–Crippen LogP) is 1.82. The molecule has 58 valence electrons. The molecule has 0 N–H and O–H groups in total. The third-order valence-electron chi connectivity index (χ3n) is 1.54. The van der Waals surface area contributed by atoms with E-state index in [9.17, 15) is 4.39 Å². The molecule has 2 rings (SSSR count). The first-order valence-corrected chi connectivity index (χ1v) is 3.52. The van der Waals surface area contributed by atoms with Crippen molar-refractivity contribution >= 4 is 6.91 Å². The summed E-state index contributed by atoms with van der Waals surface area (Å²) in [5.74, 6) is 1.73. The molecule has 0 bridgehead atoms. The molecular formula is C8H5BFNO. The Labute approximate surface area is 69.3 Å². The fourth-order valence-corrected chi connectivity index (χ4v) is 0.991. The van der Waals surface area contributed by atoms with Crippen molar-refractivity contribution in [3.8, 4) is 11.3 Å². The van der Waals surface area contributed by atoms with Crippen molar-refractivity contribution in [3.05, 3.63) is 36.4 Å². The van der Waals surface area contributed by atoms with Gasteiger partial charge in [-0.3, -0.25) is 0 Å². The first-order valence-electron chi connectivity index (χ1n) is 3.52. The topological polar surface area (TPSA) is 26.0 Å². The Bertz CT molecular complexity index is 374. The Hall–Kier alpha value is -1.45. The fourth-order valence-electron chi connectivity index (χ4n) is 0.991. The maximum absolute atomic E-state index is 13.1. The molecule has 0 saturated carbocycles. The summed E-state index contributed by atoms with van der Waals surface area (Å²) in [7, 11) is 0. The molecule has 0 saturated heterocycles. The van der Waals surface area contributed by atoms with Gasteiger partial charge in [-0.25, -0.2) is 0 Å². The summed E-state index contributed by atoms with van der Waals surface area (Å²) >= 11 is 0. The van der Waals surface area contributed by atoms with Gasteiger partial charge >= 0.3 is 68.4 Å². The molecule has 0 aliphatic rings. The van der Waals surface area contributed by atoms with Crippen molar-refractivity contribution in [2.24, 2.45) is 0 Å². The number of halogens is 1. The standard InChI is InChI=1S/C8H5BFNO/c10-6-2-1-3-9-7(6)8-11-4-5-12-8/h1-5H. The van der Waals surface area contributed by atoms with Crippen molar-refractivity contribution in [2.75, 3.05) is 0 Å². The molecule has 0 amide bonds. The molecular weight excluding hydrogens is 156 g/mol. The van der Waals surface area contributed by atoms with E-state index in [0.717, 1.165) is 0 Å². The van der Waals surface area contributed by atoms with Crippen LogP contribution < -0.4 is 0 Å². The van der Waals surface area contributed by atoms with E-state index in [-0.39, 0.29) is 5.82 Å². The van der Waals surface area contributed by atoms with E-state index in [0.29, 0.717) is 11.3 Å². The third-order valence-corrected chi connectivity index (χ3v) is 1.54. The summed E-state index contributed by atoms with van der Waals surface area (Å²) in [4.78, 5) is 3.84. The molecule has 0 aromatic carbocycles. The first-order chi connectivity index (χ1) is 5.88. The molecule has 2 aromatic rings. The van der Waals surface area contributed by atoms with E-state index in [1.54, 1.807) is 18.9 Å². The van der Waals surface area contributed by atoms with Crippen LogP contribution in [0.3, 0.4) is 0 Å². The summed E-state index contributed by atoms with van der Waals surface area (Å²) in [6.07, 6.45) is 2.91. The van der Waals surface area contributed by atoms with Crippen LogP contribution in [0.5, 0.6) is 0 Å². The summed E-state index contributed by atoms with van der Waals surface area (Å²) < 4.78 is 18.0. The average molecular weight is 161 g/mol. The van der Waals surface area contributed by atoms with Gasteiger partial charge in [0.2, 0.25) is 0 Å². The summed E-state index contributed by atoms with van der Waals surface area (Å²) in [6, 6.07) is 3.00. The molecule has 12 heavy (non-hydrogen) atoms. The van der Waals surface area contributed by atoms with Gasteiger partial charge in [0, 0.05) is 0 Å². The number of hydrogen-bond acceptors (Lipinski definition) is 2. The molecule has 0 aliphatic carbocycles. The van der Waals surface area contributed by atoms with Crippen molar-refractivity contribution in [1.82, 2.24) is 4.98 Å². The van der Waals surface area contributed by atoms with Crippen molar-refractivity contribution < 1.29 is 8.81 Å². The number of oxazole rings is 1. The second kappa shape index (κ2) is 2.89. The molecule has 0 fully saturated rings. The van der Waals surface area contributed by atoms with Crippen molar-refractivity contribution in [1.29, 1.82) is 0 Å². The first kappa shape index (κ1) is 7.22. The number of rotatable bonds is 1. The van der Waals surface area contributed by atoms with Gasteiger partial charge in [0.25, 0.3) is 0 Å². The molecule has 0 aliphatic heterocycles. The third kappa shape index (κ3) is 1.16. The molecule has 0 atom stereocenters. The van der Waals surface area contributed by atoms with E-state index < -0.39 is 0 Å². The van der Waals surface area contributed by atoms with Gasteiger partial charge in [0.05, 0.1) is 0 Å². The Morgan fingerprint density at radius 3 is 3.08 bits per heavy atom. The normalized spacial score (nSPS) is 9.75. The summed E-state index contributed by atoms with van der Waals surface area (Å²) in [5, 5.41) is 0. The van der Waals surface area contributed by atoms with E-state index in [4.69, 9.17) is 4.42 Å². The Morgan fingerprint density at radius 1 is 1.50 bits per heavy atom. The second-order valence-electron chi connectivity index (χ2n) is 2.32. The van der Waals surface area contributed by atoms with Crippen LogP contribution in [0.15, 0.2) is 35.0 Å². The minimum atomic E-state index is -0.319. The van der Waals surface area contributed by atoms with Gasteiger partial charge < -0.3 is 0 Å². The zero-order valence-corrected chi connectivity index (χ0v) is 6.20. The molecule has 0 unspecified atom stereocenters. The Kier molecular flexibility index (Phi) is 1.74. The van der Waals surface area contributed by atoms with E-state index >= 15 is 0 Å². The predicted molar refractivity (Wildman–Crippen MR) is 43.2 cm³/mol. The van der Waals surface area contributed by atoms with Crippen molar-refractivity contribution in [2.45, 2.75) is 0 Å². The molecule has 4 heteroatoms. The maximum atomic E-state index is 13.1. The van der Waals surface area contributed by atoms with Gasteiger partial charge in [0.1, 0.15) is 0 Å². The molecule has 2 aromatic heterocycles. The SMILES string of the molecule is Fc1cccbc1-c1ncco1. The molecule has 0 spiro atoms. The quantitative estimate of drug-likeness (QED) is 0.637. The Morgan fingerprint density at radius 2 is 2.42 bits per heavy atom. The average Bonchev–Trinajstić information content (AvgIpc) is 2.57. The van der Waals surface area contributed by atoms with E-state index in [2.05, 4.69) is 4.98 Å². The van der Waals surface area contributed by atoms with E-state index in [1.165, 1.54) is 18.5 Å². The van der Waals surface area contributed by atoms with Crippen LogP contribution in [-0.2, 0) is 0 Å². The van der Waals surface area contributed by atoms with Gasteiger partial charge in [0.15, 0.2) is 0 Å². The van der Waals surface area contributed by atoms with Crippen molar-refractivity contribution in [3.63, 3.8) is 0 Å². The zero-order chi connectivity index (χ0) is 8.39. The van der Waals surface area contributed by atoms with Gasteiger partial charge in [-0.2, -0.15) is 0 Å². The summed E-state index contributed by atoms with van der Waals surface area (Å²) in [6.45, 7) is 1.63.